The molecule has 1 aliphatic heterocycles. The van der Waals surface area contributed by atoms with Crippen molar-refractivity contribution < 1.29 is 24.5 Å². The maximum absolute atomic E-state index is 12.0. The lowest BCUT2D eigenvalue weighted by atomic mass is 10.0. The smallest absolute Gasteiger partial charge is 0.258 e. The molecule has 1 aromatic carbocycles. The number of rotatable bonds is 9. The Morgan fingerprint density at radius 1 is 1.30 bits per heavy atom. The molecule has 0 aliphatic carbocycles. The zero-order valence-corrected chi connectivity index (χ0v) is 15.5. The Balaban J connectivity index is 2.25. The number of hydrogen-bond donors (Lipinski definition) is 5. The van der Waals surface area contributed by atoms with Crippen molar-refractivity contribution in [3.8, 4) is 5.75 Å². The maximum Gasteiger partial charge on any atom is 0.258 e. The predicted molar refractivity (Wildman–Crippen MR) is 101 cm³/mol. The third-order valence-electron chi connectivity index (χ3n) is 4.47. The van der Waals surface area contributed by atoms with Crippen molar-refractivity contribution >= 4 is 17.5 Å². The van der Waals surface area contributed by atoms with E-state index >= 15 is 0 Å². The van der Waals surface area contributed by atoms with Gasteiger partial charge in [-0.2, -0.15) is 0 Å². The number of piperazine rings is 1. The summed E-state index contributed by atoms with van der Waals surface area (Å²) in [6.45, 7) is 4.23. The number of amides is 2. The molecule has 0 aromatic heterocycles. The minimum Gasteiger partial charge on any atom is -0.483 e. The molecule has 9 heteroatoms. The highest BCUT2D eigenvalue weighted by Crippen LogP contribution is 2.34. The molecule has 2 rings (SSSR count). The molecule has 0 atom stereocenters. The van der Waals surface area contributed by atoms with E-state index in [1.807, 2.05) is 13.0 Å². The molecule has 0 bridgehead atoms. The number of aliphatic hydroxyl groups is 2. The standard InChI is InChI=1S/C18H28N4O5/c1-2-13-15(22-7-5-20-6-8-22)4-3-14(18(19)26)17(13)27-11-16(25)21-12(9-23)10-24/h3-4,12,20,23-24H,2,5-11H2,1H3,(H2,19,26)(H,21,25). The van der Waals surface area contributed by atoms with Crippen LogP contribution in [0.1, 0.15) is 22.8 Å². The Kier molecular flexibility index (Phi) is 7.83. The summed E-state index contributed by atoms with van der Waals surface area (Å²) in [5.41, 5.74) is 7.49. The number of ether oxygens (including phenoxy) is 1. The van der Waals surface area contributed by atoms with Gasteiger partial charge in [0, 0.05) is 37.4 Å². The van der Waals surface area contributed by atoms with Crippen molar-refractivity contribution in [2.24, 2.45) is 5.73 Å². The van der Waals surface area contributed by atoms with Crippen molar-refractivity contribution in [3.05, 3.63) is 23.3 Å². The van der Waals surface area contributed by atoms with Crippen LogP contribution in [0.3, 0.4) is 0 Å². The summed E-state index contributed by atoms with van der Waals surface area (Å²) < 4.78 is 5.69. The van der Waals surface area contributed by atoms with Gasteiger partial charge >= 0.3 is 0 Å². The summed E-state index contributed by atoms with van der Waals surface area (Å²) in [5, 5.41) is 23.9. The Bertz CT molecular complexity index is 657. The first-order valence-electron chi connectivity index (χ1n) is 9.07. The topological polar surface area (TPSA) is 137 Å². The Labute approximate surface area is 158 Å². The van der Waals surface area contributed by atoms with Crippen molar-refractivity contribution in [1.29, 1.82) is 0 Å². The first-order chi connectivity index (χ1) is 13.0. The van der Waals surface area contributed by atoms with E-state index in [0.29, 0.717) is 12.2 Å². The van der Waals surface area contributed by atoms with Crippen LogP contribution >= 0.6 is 0 Å². The molecule has 1 aliphatic rings. The van der Waals surface area contributed by atoms with E-state index in [1.165, 1.54) is 0 Å². The van der Waals surface area contributed by atoms with Gasteiger partial charge in [0.25, 0.3) is 11.8 Å². The van der Waals surface area contributed by atoms with Gasteiger partial charge in [0.15, 0.2) is 6.61 Å². The third-order valence-corrected chi connectivity index (χ3v) is 4.47. The molecule has 27 heavy (non-hydrogen) atoms. The number of hydrogen-bond acceptors (Lipinski definition) is 7. The highest BCUT2D eigenvalue weighted by Gasteiger charge is 2.22. The summed E-state index contributed by atoms with van der Waals surface area (Å²) in [6, 6.07) is 2.73. The molecule has 0 spiro atoms. The van der Waals surface area contributed by atoms with Gasteiger partial charge in [-0.25, -0.2) is 0 Å². The van der Waals surface area contributed by atoms with Gasteiger partial charge in [-0.3, -0.25) is 9.59 Å². The van der Waals surface area contributed by atoms with E-state index in [0.717, 1.165) is 37.4 Å². The van der Waals surface area contributed by atoms with Crippen LogP contribution in [-0.4, -0.2) is 74.1 Å². The molecular weight excluding hydrogens is 352 g/mol. The van der Waals surface area contributed by atoms with Crippen LogP contribution in [0.5, 0.6) is 5.75 Å². The first kappa shape index (κ1) is 20.9. The van der Waals surface area contributed by atoms with Crippen molar-refractivity contribution in [2.45, 2.75) is 19.4 Å². The van der Waals surface area contributed by atoms with E-state index in [-0.39, 0.29) is 25.4 Å². The van der Waals surface area contributed by atoms with Crippen LogP contribution < -0.4 is 26.0 Å². The molecule has 0 saturated carbocycles. The number of nitrogens with one attached hydrogen (secondary N) is 2. The van der Waals surface area contributed by atoms with Gasteiger partial charge in [-0.1, -0.05) is 6.92 Å². The van der Waals surface area contributed by atoms with E-state index < -0.39 is 17.9 Å². The van der Waals surface area contributed by atoms with Crippen LogP contribution in [0.4, 0.5) is 5.69 Å². The average molecular weight is 380 g/mol. The van der Waals surface area contributed by atoms with Gasteiger partial charge in [-0.15, -0.1) is 0 Å². The summed E-state index contributed by atoms with van der Waals surface area (Å²) in [5.74, 6) is -0.829. The molecular formula is C18H28N4O5. The van der Waals surface area contributed by atoms with Gasteiger partial charge < -0.3 is 36.2 Å². The molecule has 1 saturated heterocycles. The van der Waals surface area contributed by atoms with Crippen LogP contribution in [0, 0.1) is 0 Å². The third kappa shape index (κ3) is 5.31. The monoisotopic (exact) mass is 380 g/mol. The number of benzene rings is 1. The van der Waals surface area contributed by atoms with Gasteiger partial charge in [-0.05, 0) is 18.6 Å². The number of aliphatic hydroxyl groups excluding tert-OH is 2. The zero-order chi connectivity index (χ0) is 19.8. The second-order valence-electron chi connectivity index (χ2n) is 6.31. The molecule has 1 heterocycles. The van der Waals surface area contributed by atoms with Gasteiger partial charge in [0.05, 0.1) is 24.8 Å². The number of primary amides is 1. The highest BCUT2D eigenvalue weighted by molar-refractivity contribution is 5.97. The van der Waals surface area contributed by atoms with Crippen molar-refractivity contribution in [3.63, 3.8) is 0 Å². The molecule has 150 valence electrons. The van der Waals surface area contributed by atoms with E-state index in [9.17, 15) is 9.59 Å². The van der Waals surface area contributed by atoms with Crippen LogP contribution in [0.2, 0.25) is 0 Å². The molecule has 0 unspecified atom stereocenters. The lowest BCUT2D eigenvalue weighted by molar-refractivity contribution is -0.124. The first-order valence-corrected chi connectivity index (χ1v) is 9.07. The van der Waals surface area contributed by atoms with Crippen molar-refractivity contribution in [1.82, 2.24) is 10.6 Å². The quantitative estimate of drug-likeness (QED) is 0.355. The summed E-state index contributed by atoms with van der Waals surface area (Å²) in [6.07, 6.45) is 0.604. The zero-order valence-electron chi connectivity index (χ0n) is 15.5. The number of carbonyl (C=O) groups excluding carboxylic acids is 2. The summed E-state index contributed by atoms with van der Waals surface area (Å²) in [7, 11) is 0. The summed E-state index contributed by atoms with van der Waals surface area (Å²) in [4.78, 5) is 26.1. The molecule has 2 amide bonds. The van der Waals surface area contributed by atoms with Crippen molar-refractivity contribution in [2.75, 3.05) is 50.9 Å². The maximum atomic E-state index is 12.0. The molecule has 1 aromatic rings. The van der Waals surface area contributed by atoms with E-state index in [4.69, 9.17) is 20.7 Å². The minimum atomic E-state index is -0.755. The number of carbonyl (C=O) groups is 2. The fraction of sp³-hybridized carbons (Fsp3) is 0.556. The van der Waals surface area contributed by atoms with Gasteiger partial charge in [0.2, 0.25) is 0 Å². The second-order valence-corrected chi connectivity index (χ2v) is 6.31. The highest BCUT2D eigenvalue weighted by atomic mass is 16.5. The molecule has 0 radical (unpaired) electrons. The SMILES string of the molecule is CCc1c(N2CCNCC2)ccc(C(N)=O)c1OCC(=O)NC(CO)CO. The molecule has 9 nitrogen and oxygen atoms in total. The van der Waals surface area contributed by atoms with Crippen LogP contribution in [-0.2, 0) is 11.2 Å². The fourth-order valence-electron chi connectivity index (χ4n) is 3.08. The minimum absolute atomic E-state index is 0.222. The fourth-order valence-corrected chi connectivity index (χ4v) is 3.08. The summed E-state index contributed by atoms with van der Waals surface area (Å²) >= 11 is 0. The lowest BCUT2D eigenvalue weighted by Gasteiger charge is -2.32. The second kappa shape index (κ2) is 10.1. The number of nitrogens with two attached hydrogens (primary N) is 1. The predicted octanol–water partition coefficient (Wildman–Crippen LogP) is -1.39. The van der Waals surface area contributed by atoms with Gasteiger partial charge in [0.1, 0.15) is 5.75 Å². The Hall–Kier alpha value is -2.36. The molecule has 6 N–H and O–H groups in total. The number of nitrogens with zero attached hydrogens (tertiary/aromatic N) is 1. The largest absolute Gasteiger partial charge is 0.483 e. The van der Waals surface area contributed by atoms with E-state index in [1.54, 1.807) is 6.07 Å². The average Bonchev–Trinajstić information content (AvgIpc) is 2.70. The lowest BCUT2D eigenvalue weighted by Crippen LogP contribution is -2.44. The Morgan fingerprint density at radius 2 is 1.96 bits per heavy atom. The van der Waals surface area contributed by atoms with Crippen LogP contribution in [0.15, 0.2) is 12.1 Å². The van der Waals surface area contributed by atoms with Crippen LogP contribution in [0.25, 0.3) is 0 Å². The Morgan fingerprint density at radius 3 is 2.52 bits per heavy atom. The number of anilines is 1. The molecule has 1 fully saturated rings. The normalized spacial score (nSPS) is 14.3. The van der Waals surface area contributed by atoms with E-state index in [2.05, 4.69) is 15.5 Å².